The molecule has 8 nitrogen and oxygen atoms in total. The number of rotatable bonds is 2. The number of urea groups is 1. The number of amides is 4. The number of hydrogen-bond acceptors (Lipinski definition) is 5. The van der Waals surface area contributed by atoms with Crippen LogP contribution < -0.4 is 10.2 Å². The van der Waals surface area contributed by atoms with Gasteiger partial charge in [-0.2, -0.15) is 0 Å². The van der Waals surface area contributed by atoms with E-state index in [1.54, 1.807) is 4.90 Å². The second kappa shape index (κ2) is 10.3. The van der Waals surface area contributed by atoms with Crippen LogP contribution in [0.5, 0.6) is 0 Å². The highest BCUT2D eigenvalue weighted by Crippen LogP contribution is 2.41. The molecule has 1 N–H and O–H groups in total. The lowest BCUT2D eigenvalue weighted by atomic mass is 9.71. The molecule has 3 aliphatic rings. The molecule has 0 aliphatic carbocycles. The van der Waals surface area contributed by atoms with Crippen LogP contribution in [-0.2, 0) is 9.53 Å². The normalized spacial score (nSPS) is 20.8. The lowest BCUT2D eigenvalue weighted by Crippen LogP contribution is -2.49. The average Bonchev–Trinajstić information content (AvgIpc) is 2.80. The van der Waals surface area contributed by atoms with Crippen LogP contribution in [0.1, 0.15) is 58.4 Å². The van der Waals surface area contributed by atoms with E-state index >= 15 is 0 Å². The maximum Gasteiger partial charge on any atom is 0.410 e. The van der Waals surface area contributed by atoms with Crippen molar-refractivity contribution >= 4 is 23.7 Å². The molecule has 4 rings (SSSR count). The second-order valence-electron chi connectivity index (χ2n) is 10.8. The topological polar surface area (TPSA) is 82.2 Å². The molecule has 3 fully saturated rings. The summed E-state index contributed by atoms with van der Waals surface area (Å²) in [5, 5.41) is 2.34. The molecule has 0 atom stereocenters. The third kappa shape index (κ3) is 6.55. The molecule has 35 heavy (non-hydrogen) atoms. The standard InChI is InChI=1S/C27H36N4O4/c1-26(2,3)35-25(34)30-19-13-27(14-20-30)11-17-29(18-12-27)15-4-5-21-6-8-22(9-7-21)31-16-10-23(32)28-24(31)33/h6-9H,10-20H2,1-3H3,(H,28,32,33). The minimum absolute atomic E-state index is 0.192. The molecular weight excluding hydrogens is 444 g/mol. The highest BCUT2D eigenvalue weighted by atomic mass is 16.6. The molecule has 3 heterocycles. The number of likely N-dealkylation sites (tertiary alicyclic amines) is 2. The smallest absolute Gasteiger partial charge is 0.410 e. The lowest BCUT2D eigenvalue weighted by molar-refractivity contribution is -0.120. The molecular formula is C27H36N4O4. The molecule has 1 aromatic rings. The Morgan fingerprint density at radius 2 is 1.63 bits per heavy atom. The van der Waals surface area contributed by atoms with Crippen molar-refractivity contribution in [1.82, 2.24) is 15.1 Å². The van der Waals surface area contributed by atoms with Crippen LogP contribution in [0, 0.1) is 17.3 Å². The molecule has 0 saturated carbocycles. The minimum Gasteiger partial charge on any atom is -0.444 e. The van der Waals surface area contributed by atoms with E-state index in [9.17, 15) is 14.4 Å². The summed E-state index contributed by atoms with van der Waals surface area (Å²) in [4.78, 5) is 41.5. The third-order valence-corrected chi connectivity index (χ3v) is 7.16. The Balaban J connectivity index is 1.21. The van der Waals surface area contributed by atoms with Gasteiger partial charge in [-0.15, -0.1) is 0 Å². The third-order valence-electron chi connectivity index (χ3n) is 7.16. The maximum atomic E-state index is 12.3. The zero-order valence-corrected chi connectivity index (χ0v) is 21.1. The minimum atomic E-state index is -0.452. The van der Waals surface area contributed by atoms with Crippen LogP contribution >= 0.6 is 0 Å². The molecule has 4 amide bonds. The van der Waals surface area contributed by atoms with Crippen molar-refractivity contribution in [2.24, 2.45) is 5.41 Å². The lowest BCUT2D eigenvalue weighted by Gasteiger charge is -2.46. The first-order valence-electron chi connectivity index (χ1n) is 12.5. The van der Waals surface area contributed by atoms with Crippen molar-refractivity contribution in [3.8, 4) is 11.8 Å². The first kappa shape index (κ1) is 25.1. The van der Waals surface area contributed by atoms with Gasteiger partial charge in [-0.05, 0) is 89.2 Å². The summed E-state index contributed by atoms with van der Waals surface area (Å²) >= 11 is 0. The van der Waals surface area contributed by atoms with Gasteiger partial charge >= 0.3 is 12.1 Å². The fraction of sp³-hybridized carbons (Fsp3) is 0.593. The Morgan fingerprint density at radius 1 is 1.00 bits per heavy atom. The van der Waals surface area contributed by atoms with E-state index in [-0.39, 0.29) is 18.0 Å². The zero-order chi connectivity index (χ0) is 25.1. The predicted molar refractivity (Wildman–Crippen MR) is 134 cm³/mol. The quantitative estimate of drug-likeness (QED) is 0.654. The first-order chi connectivity index (χ1) is 16.6. The van der Waals surface area contributed by atoms with Crippen LogP contribution in [0.3, 0.4) is 0 Å². The van der Waals surface area contributed by atoms with E-state index in [0.717, 1.165) is 69.7 Å². The summed E-state index contributed by atoms with van der Waals surface area (Å²) in [5.41, 5.74) is 1.56. The molecule has 3 saturated heterocycles. The highest BCUT2D eigenvalue weighted by molar-refractivity contribution is 6.05. The summed E-state index contributed by atoms with van der Waals surface area (Å²) in [6.07, 6.45) is 4.50. The molecule has 0 bridgehead atoms. The number of piperidine rings is 2. The Bertz CT molecular complexity index is 1000. The van der Waals surface area contributed by atoms with Gasteiger partial charge < -0.3 is 9.64 Å². The maximum absolute atomic E-state index is 12.3. The SMILES string of the molecule is CC(C)(C)OC(=O)N1CCC2(CCN(CC#Cc3ccc(N4CCC(=O)NC4=O)cc3)CC2)CC1. The number of imide groups is 1. The Kier molecular flexibility index (Phi) is 7.36. The second-order valence-corrected chi connectivity index (χ2v) is 10.8. The number of nitrogens with zero attached hydrogens (tertiary/aromatic N) is 3. The number of ether oxygens (including phenoxy) is 1. The number of carbonyl (C=O) groups is 3. The van der Waals surface area contributed by atoms with E-state index in [0.29, 0.717) is 18.4 Å². The molecule has 188 valence electrons. The Morgan fingerprint density at radius 3 is 2.23 bits per heavy atom. The van der Waals surface area contributed by atoms with Crippen LogP contribution in [0.2, 0.25) is 0 Å². The van der Waals surface area contributed by atoms with Gasteiger partial charge in [-0.25, -0.2) is 9.59 Å². The van der Waals surface area contributed by atoms with Crippen LogP contribution in [0.15, 0.2) is 24.3 Å². The van der Waals surface area contributed by atoms with Gasteiger partial charge in [-0.3, -0.25) is 19.9 Å². The molecule has 3 aliphatic heterocycles. The van der Waals surface area contributed by atoms with E-state index in [1.807, 2.05) is 49.9 Å². The van der Waals surface area contributed by atoms with E-state index in [2.05, 4.69) is 22.1 Å². The molecule has 0 aromatic heterocycles. The van der Waals surface area contributed by atoms with Gasteiger partial charge in [0.1, 0.15) is 5.60 Å². The largest absolute Gasteiger partial charge is 0.444 e. The van der Waals surface area contributed by atoms with Gasteiger partial charge in [0, 0.05) is 37.3 Å². The Labute approximate surface area is 208 Å². The highest BCUT2D eigenvalue weighted by Gasteiger charge is 2.39. The number of nitrogens with one attached hydrogen (secondary N) is 1. The van der Waals surface area contributed by atoms with E-state index in [4.69, 9.17) is 4.74 Å². The summed E-state index contributed by atoms with van der Waals surface area (Å²) in [7, 11) is 0. The number of benzene rings is 1. The molecule has 1 aromatic carbocycles. The average molecular weight is 481 g/mol. The summed E-state index contributed by atoms with van der Waals surface area (Å²) in [6, 6.07) is 7.19. The number of carbonyl (C=O) groups excluding carboxylic acids is 3. The predicted octanol–water partition coefficient (Wildman–Crippen LogP) is 3.60. The summed E-state index contributed by atoms with van der Waals surface area (Å²) in [6.45, 7) is 10.5. The number of anilines is 1. The van der Waals surface area contributed by atoms with Gasteiger partial charge in [-0.1, -0.05) is 11.8 Å². The molecule has 0 unspecified atom stereocenters. The van der Waals surface area contributed by atoms with Gasteiger partial charge in [0.25, 0.3) is 0 Å². The van der Waals surface area contributed by atoms with Crippen molar-refractivity contribution in [2.45, 2.75) is 58.5 Å². The first-order valence-corrected chi connectivity index (χ1v) is 12.5. The molecule has 1 spiro atoms. The fourth-order valence-electron chi connectivity index (χ4n) is 4.96. The number of hydrogen-bond donors (Lipinski definition) is 1. The van der Waals surface area contributed by atoms with E-state index in [1.165, 1.54) is 0 Å². The zero-order valence-electron chi connectivity index (χ0n) is 21.1. The van der Waals surface area contributed by atoms with Crippen LogP contribution in [0.25, 0.3) is 0 Å². The van der Waals surface area contributed by atoms with Crippen molar-refractivity contribution in [3.05, 3.63) is 29.8 Å². The van der Waals surface area contributed by atoms with Crippen LogP contribution in [-0.4, -0.2) is 72.7 Å². The van der Waals surface area contributed by atoms with Gasteiger partial charge in [0.15, 0.2) is 0 Å². The van der Waals surface area contributed by atoms with E-state index < -0.39 is 5.60 Å². The van der Waals surface area contributed by atoms with Gasteiger partial charge in [0.05, 0.1) is 6.54 Å². The monoisotopic (exact) mass is 480 g/mol. The summed E-state index contributed by atoms with van der Waals surface area (Å²) < 4.78 is 5.53. The van der Waals surface area contributed by atoms with Gasteiger partial charge in [0.2, 0.25) is 5.91 Å². The summed E-state index contributed by atoms with van der Waals surface area (Å²) in [5.74, 6) is 6.28. The van der Waals surface area contributed by atoms with Crippen molar-refractivity contribution in [2.75, 3.05) is 44.2 Å². The molecule has 8 heteroatoms. The van der Waals surface area contributed by atoms with Crippen molar-refractivity contribution in [1.29, 1.82) is 0 Å². The van der Waals surface area contributed by atoms with Crippen LogP contribution in [0.4, 0.5) is 15.3 Å². The fourth-order valence-corrected chi connectivity index (χ4v) is 4.96. The molecule has 0 radical (unpaired) electrons. The Hall–Kier alpha value is -3.05. The van der Waals surface area contributed by atoms with Crippen molar-refractivity contribution in [3.63, 3.8) is 0 Å². The van der Waals surface area contributed by atoms with Crippen molar-refractivity contribution < 1.29 is 19.1 Å².